The largest absolute Gasteiger partial charge is 0.480 e. The summed E-state index contributed by atoms with van der Waals surface area (Å²) < 4.78 is 5.35. The highest BCUT2D eigenvalue weighted by atomic mass is 16.4. The van der Waals surface area contributed by atoms with Crippen LogP contribution in [0, 0.1) is 6.92 Å². The second-order valence-electron chi connectivity index (χ2n) is 6.11. The van der Waals surface area contributed by atoms with E-state index in [9.17, 15) is 9.59 Å². The number of hydrogen-bond acceptors (Lipinski definition) is 4. The summed E-state index contributed by atoms with van der Waals surface area (Å²) in [6, 6.07) is 2.08. The molecule has 1 heterocycles. The Morgan fingerprint density at radius 3 is 2.65 bits per heavy atom. The van der Waals surface area contributed by atoms with Crippen molar-refractivity contribution in [3.63, 3.8) is 0 Å². The van der Waals surface area contributed by atoms with Gasteiger partial charge in [0.15, 0.2) is 0 Å². The van der Waals surface area contributed by atoms with Gasteiger partial charge in [0.1, 0.15) is 5.76 Å². The first-order valence-corrected chi connectivity index (χ1v) is 7.91. The molecule has 1 aromatic rings. The van der Waals surface area contributed by atoms with Crippen molar-refractivity contribution < 1.29 is 19.1 Å². The van der Waals surface area contributed by atoms with Gasteiger partial charge in [0.05, 0.1) is 19.4 Å². The monoisotopic (exact) mass is 323 g/mol. The number of carboxylic acid groups (broad SMARTS) is 1. The fourth-order valence-corrected chi connectivity index (χ4v) is 2.81. The van der Waals surface area contributed by atoms with Crippen molar-refractivity contribution in [3.05, 3.63) is 23.7 Å². The van der Waals surface area contributed by atoms with E-state index < -0.39 is 5.97 Å². The summed E-state index contributed by atoms with van der Waals surface area (Å²) in [6.07, 6.45) is 3.20. The van der Waals surface area contributed by atoms with Gasteiger partial charge in [-0.1, -0.05) is 6.92 Å². The summed E-state index contributed by atoms with van der Waals surface area (Å²) in [4.78, 5) is 26.5. The summed E-state index contributed by atoms with van der Waals surface area (Å²) in [5, 5.41) is 11.9. The fourth-order valence-electron chi connectivity index (χ4n) is 2.81. The molecular formula is C16H25N3O4. The van der Waals surface area contributed by atoms with E-state index in [0.717, 1.165) is 24.2 Å². The molecule has 0 radical (unpaired) electrons. The molecule has 23 heavy (non-hydrogen) atoms. The van der Waals surface area contributed by atoms with Gasteiger partial charge in [-0.05, 0) is 37.9 Å². The van der Waals surface area contributed by atoms with Crippen LogP contribution in [0.5, 0.6) is 0 Å². The molecule has 0 atom stereocenters. The number of amides is 2. The number of nitrogens with zero attached hydrogens (tertiary/aromatic N) is 2. The number of carboxylic acids is 1. The van der Waals surface area contributed by atoms with Crippen LogP contribution in [-0.4, -0.2) is 59.1 Å². The maximum Gasteiger partial charge on any atom is 0.317 e. The number of aliphatic carboxylic acids is 1. The smallest absolute Gasteiger partial charge is 0.317 e. The average Bonchev–Trinajstić information content (AvgIpc) is 2.85. The number of aryl methyl sites for hydroxylation is 1. The third kappa shape index (κ3) is 4.48. The molecule has 7 nitrogen and oxygen atoms in total. The second kappa shape index (κ2) is 7.50. The standard InChI is InChI=1S/C16H25N3O4/c1-4-19(10-15(20)21)13-7-12(8-13)17-16(22)18(3)9-14-11(2)5-6-23-14/h5-6,12-13H,4,7-10H2,1-3H3,(H,17,22)(H,20,21). The molecule has 2 amide bonds. The van der Waals surface area contributed by atoms with Crippen LogP contribution in [0.3, 0.4) is 0 Å². The van der Waals surface area contributed by atoms with Crippen LogP contribution in [-0.2, 0) is 11.3 Å². The lowest BCUT2D eigenvalue weighted by molar-refractivity contribution is -0.139. The van der Waals surface area contributed by atoms with Crippen molar-refractivity contribution in [2.24, 2.45) is 0 Å². The van der Waals surface area contributed by atoms with Crippen molar-refractivity contribution in [2.75, 3.05) is 20.1 Å². The summed E-state index contributed by atoms with van der Waals surface area (Å²) >= 11 is 0. The minimum absolute atomic E-state index is 0.0551. The summed E-state index contributed by atoms with van der Waals surface area (Å²) in [5.74, 6) is -0.0272. The Bertz CT molecular complexity index is 551. The highest BCUT2D eigenvalue weighted by Gasteiger charge is 2.35. The lowest BCUT2D eigenvalue weighted by Crippen LogP contribution is -2.56. The third-order valence-electron chi connectivity index (χ3n) is 4.40. The van der Waals surface area contributed by atoms with E-state index in [-0.39, 0.29) is 24.7 Å². The van der Waals surface area contributed by atoms with Crippen molar-refractivity contribution >= 4 is 12.0 Å². The van der Waals surface area contributed by atoms with Crippen LogP contribution < -0.4 is 5.32 Å². The lowest BCUT2D eigenvalue weighted by Gasteiger charge is -2.42. The maximum absolute atomic E-state index is 12.2. The third-order valence-corrected chi connectivity index (χ3v) is 4.40. The van der Waals surface area contributed by atoms with Gasteiger partial charge in [0.2, 0.25) is 0 Å². The maximum atomic E-state index is 12.2. The number of rotatable bonds is 7. The number of carbonyl (C=O) groups is 2. The summed E-state index contributed by atoms with van der Waals surface area (Å²) in [6.45, 7) is 5.09. The number of furan rings is 1. The van der Waals surface area contributed by atoms with Crippen LogP contribution in [0.15, 0.2) is 16.7 Å². The molecule has 0 saturated heterocycles. The number of hydrogen-bond donors (Lipinski definition) is 2. The molecule has 0 spiro atoms. The van der Waals surface area contributed by atoms with Crippen molar-refractivity contribution in [3.8, 4) is 0 Å². The second-order valence-corrected chi connectivity index (χ2v) is 6.11. The van der Waals surface area contributed by atoms with Gasteiger partial charge in [0.25, 0.3) is 0 Å². The Hall–Kier alpha value is -2.02. The molecule has 0 unspecified atom stereocenters. The molecule has 7 heteroatoms. The first kappa shape index (κ1) is 17.3. The lowest BCUT2D eigenvalue weighted by atomic mass is 9.85. The minimum Gasteiger partial charge on any atom is -0.480 e. The molecule has 1 aliphatic carbocycles. The molecule has 2 rings (SSSR count). The highest BCUT2D eigenvalue weighted by molar-refractivity contribution is 5.74. The van der Waals surface area contributed by atoms with E-state index in [1.807, 2.05) is 24.8 Å². The Labute approximate surface area is 136 Å². The molecule has 1 saturated carbocycles. The van der Waals surface area contributed by atoms with Gasteiger partial charge in [-0.15, -0.1) is 0 Å². The van der Waals surface area contributed by atoms with Crippen LogP contribution in [0.1, 0.15) is 31.1 Å². The van der Waals surface area contributed by atoms with Crippen molar-refractivity contribution in [2.45, 2.75) is 45.3 Å². The molecule has 2 N–H and O–H groups in total. The molecule has 128 valence electrons. The van der Waals surface area contributed by atoms with E-state index in [4.69, 9.17) is 9.52 Å². The topological polar surface area (TPSA) is 86.0 Å². The Morgan fingerprint density at radius 2 is 2.13 bits per heavy atom. The first-order valence-electron chi connectivity index (χ1n) is 7.91. The molecule has 1 aliphatic rings. The molecule has 1 fully saturated rings. The van der Waals surface area contributed by atoms with Gasteiger partial charge in [-0.25, -0.2) is 4.79 Å². The van der Waals surface area contributed by atoms with Gasteiger partial charge in [0, 0.05) is 19.1 Å². The van der Waals surface area contributed by atoms with Gasteiger partial charge in [-0.3, -0.25) is 9.69 Å². The van der Waals surface area contributed by atoms with E-state index in [2.05, 4.69) is 5.32 Å². The first-order chi connectivity index (χ1) is 10.9. The van der Waals surface area contributed by atoms with Crippen LogP contribution in [0.25, 0.3) is 0 Å². The zero-order chi connectivity index (χ0) is 17.0. The van der Waals surface area contributed by atoms with Crippen LogP contribution in [0.2, 0.25) is 0 Å². The Balaban J connectivity index is 1.75. The normalized spacial score (nSPS) is 20.2. The SMILES string of the molecule is CCN(CC(=O)O)C1CC(NC(=O)N(C)Cc2occc2C)C1. The summed E-state index contributed by atoms with van der Waals surface area (Å²) in [7, 11) is 1.73. The van der Waals surface area contributed by atoms with E-state index in [0.29, 0.717) is 13.1 Å². The molecule has 0 aromatic carbocycles. The van der Waals surface area contributed by atoms with E-state index in [1.54, 1.807) is 18.2 Å². The van der Waals surface area contributed by atoms with Gasteiger partial charge in [-0.2, -0.15) is 0 Å². The number of carbonyl (C=O) groups excluding carboxylic acids is 1. The quantitative estimate of drug-likeness (QED) is 0.797. The van der Waals surface area contributed by atoms with Crippen molar-refractivity contribution in [1.29, 1.82) is 0 Å². The van der Waals surface area contributed by atoms with E-state index >= 15 is 0 Å². The predicted molar refractivity (Wildman–Crippen MR) is 85.1 cm³/mol. The molecule has 0 bridgehead atoms. The highest BCUT2D eigenvalue weighted by Crippen LogP contribution is 2.25. The Kier molecular flexibility index (Phi) is 5.65. The predicted octanol–water partition coefficient (Wildman–Crippen LogP) is 1.67. The van der Waals surface area contributed by atoms with E-state index in [1.165, 1.54) is 0 Å². The summed E-state index contributed by atoms with van der Waals surface area (Å²) in [5.41, 5.74) is 1.03. The van der Waals surface area contributed by atoms with Gasteiger partial charge < -0.3 is 19.7 Å². The molecule has 0 aliphatic heterocycles. The zero-order valence-electron chi connectivity index (χ0n) is 13.9. The van der Waals surface area contributed by atoms with Crippen LogP contribution >= 0.6 is 0 Å². The van der Waals surface area contributed by atoms with Crippen molar-refractivity contribution in [1.82, 2.24) is 15.1 Å². The zero-order valence-corrected chi connectivity index (χ0v) is 13.9. The Morgan fingerprint density at radius 1 is 1.43 bits per heavy atom. The number of likely N-dealkylation sites (N-methyl/N-ethyl adjacent to an activating group) is 1. The van der Waals surface area contributed by atoms with Crippen LogP contribution in [0.4, 0.5) is 4.79 Å². The molecular weight excluding hydrogens is 298 g/mol. The molecule has 1 aromatic heterocycles. The number of nitrogens with one attached hydrogen (secondary N) is 1. The average molecular weight is 323 g/mol. The number of urea groups is 1. The minimum atomic E-state index is -0.812. The fraction of sp³-hybridized carbons (Fsp3) is 0.625. The van der Waals surface area contributed by atoms with Gasteiger partial charge >= 0.3 is 12.0 Å².